The van der Waals surface area contributed by atoms with Gasteiger partial charge in [-0.1, -0.05) is 11.6 Å². The molecule has 0 saturated heterocycles. The maximum absolute atomic E-state index is 12.4. The Morgan fingerprint density at radius 2 is 1.82 bits per heavy atom. The molecule has 1 heterocycles. The highest BCUT2D eigenvalue weighted by atomic mass is 35.5. The lowest BCUT2D eigenvalue weighted by Crippen LogP contribution is -2.25. The molecule has 2 aromatic rings. The summed E-state index contributed by atoms with van der Waals surface area (Å²) in [6.07, 6.45) is 1.21. The number of esters is 1. The van der Waals surface area contributed by atoms with Crippen molar-refractivity contribution in [2.45, 2.75) is 0 Å². The van der Waals surface area contributed by atoms with Crippen LogP contribution in [-0.4, -0.2) is 22.0 Å². The monoisotopic (exact) mass is 316 g/mol. The van der Waals surface area contributed by atoms with Gasteiger partial charge < -0.3 is 14.9 Å². The summed E-state index contributed by atoms with van der Waals surface area (Å²) < 4.78 is 5.09. The van der Waals surface area contributed by atoms with Crippen LogP contribution in [0.25, 0.3) is 6.08 Å². The number of hydrogen-bond donors (Lipinski definition) is 2. The Hall–Kier alpha value is -2.79. The van der Waals surface area contributed by atoms with Gasteiger partial charge in [-0.3, -0.25) is 4.79 Å². The highest BCUT2D eigenvalue weighted by molar-refractivity contribution is 6.33. The van der Waals surface area contributed by atoms with E-state index in [0.29, 0.717) is 5.02 Å². The number of ketones is 1. The van der Waals surface area contributed by atoms with Gasteiger partial charge in [0.05, 0.1) is 5.56 Å². The zero-order chi connectivity index (χ0) is 15.9. The third-order valence-corrected chi connectivity index (χ3v) is 3.40. The first kappa shape index (κ1) is 14.2. The number of halogens is 1. The molecule has 0 spiro atoms. The van der Waals surface area contributed by atoms with Gasteiger partial charge in [0.2, 0.25) is 5.78 Å². The van der Waals surface area contributed by atoms with Crippen molar-refractivity contribution in [2.24, 2.45) is 0 Å². The summed E-state index contributed by atoms with van der Waals surface area (Å²) in [7, 11) is 0. The van der Waals surface area contributed by atoms with E-state index in [1.807, 2.05) is 0 Å². The fourth-order valence-corrected chi connectivity index (χ4v) is 2.27. The molecule has 0 radical (unpaired) electrons. The van der Waals surface area contributed by atoms with Crippen LogP contribution in [0.1, 0.15) is 15.9 Å². The highest BCUT2D eigenvalue weighted by Crippen LogP contribution is 2.32. The van der Waals surface area contributed by atoms with Gasteiger partial charge in [-0.2, -0.15) is 0 Å². The molecule has 1 aliphatic heterocycles. The van der Waals surface area contributed by atoms with E-state index in [0.717, 1.165) is 6.07 Å². The van der Waals surface area contributed by atoms with E-state index >= 15 is 0 Å². The molecule has 5 nitrogen and oxygen atoms in total. The topological polar surface area (TPSA) is 83.8 Å². The number of carbonyl (C=O) groups excluding carboxylic acids is 2. The average molecular weight is 317 g/mol. The molecule has 110 valence electrons. The minimum atomic E-state index is -0.813. The van der Waals surface area contributed by atoms with Crippen LogP contribution in [-0.2, 0) is 4.79 Å². The Bertz CT molecular complexity index is 838. The van der Waals surface area contributed by atoms with Crippen molar-refractivity contribution in [3.05, 3.63) is 58.1 Å². The Morgan fingerprint density at radius 3 is 2.55 bits per heavy atom. The van der Waals surface area contributed by atoms with E-state index < -0.39 is 11.8 Å². The van der Waals surface area contributed by atoms with Gasteiger partial charge in [-0.25, -0.2) is 4.79 Å². The summed E-state index contributed by atoms with van der Waals surface area (Å²) in [5.41, 5.74) is 0.163. The lowest BCUT2D eigenvalue weighted by Gasteiger charge is -2.17. The molecular weight excluding hydrogens is 308 g/mol. The summed E-state index contributed by atoms with van der Waals surface area (Å²) in [5, 5.41) is 19.3. The number of hydrogen-bond acceptors (Lipinski definition) is 5. The molecule has 3 rings (SSSR count). The van der Waals surface area contributed by atoms with Crippen LogP contribution in [0.5, 0.6) is 17.2 Å². The maximum Gasteiger partial charge on any atom is 0.347 e. The summed E-state index contributed by atoms with van der Waals surface area (Å²) >= 11 is 5.85. The molecule has 0 fully saturated rings. The Balaban J connectivity index is 2.09. The number of phenolic OH excluding ortho intramolecular Hbond substituents is 2. The van der Waals surface area contributed by atoms with E-state index in [1.165, 1.54) is 36.4 Å². The molecule has 0 amide bonds. The summed E-state index contributed by atoms with van der Waals surface area (Å²) in [6, 6.07) is 8.19. The van der Waals surface area contributed by atoms with Gasteiger partial charge in [0, 0.05) is 16.7 Å². The first-order chi connectivity index (χ1) is 10.5. The molecule has 0 bridgehead atoms. The van der Waals surface area contributed by atoms with E-state index in [2.05, 4.69) is 0 Å². The van der Waals surface area contributed by atoms with Crippen molar-refractivity contribution in [1.29, 1.82) is 0 Å². The van der Waals surface area contributed by atoms with Crippen LogP contribution in [0.2, 0.25) is 5.02 Å². The zero-order valence-corrected chi connectivity index (χ0v) is 11.8. The Kier molecular flexibility index (Phi) is 3.35. The third-order valence-electron chi connectivity index (χ3n) is 3.17. The quantitative estimate of drug-likeness (QED) is 0.366. The van der Waals surface area contributed by atoms with Crippen molar-refractivity contribution in [2.75, 3.05) is 0 Å². The number of phenols is 2. The van der Waals surface area contributed by atoms with Crippen molar-refractivity contribution < 1.29 is 24.5 Å². The van der Waals surface area contributed by atoms with E-state index in [-0.39, 0.29) is 33.9 Å². The molecule has 6 heteroatoms. The third kappa shape index (κ3) is 2.42. The molecular formula is C16H9ClO5. The van der Waals surface area contributed by atoms with Crippen LogP contribution >= 0.6 is 11.6 Å². The molecule has 0 atom stereocenters. The summed E-state index contributed by atoms with van der Waals surface area (Å²) in [6.45, 7) is 0. The van der Waals surface area contributed by atoms with Crippen LogP contribution < -0.4 is 4.74 Å². The van der Waals surface area contributed by atoms with E-state index in [9.17, 15) is 19.8 Å². The smallest absolute Gasteiger partial charge is 0.347 e. The molecule has 0 aromatic heterocycles. The van der Waals surface area contributed by atoms with Gasteiger partial charge in [0.25, 0.3) is 0 Å². The fourth-order valence-electron chi connectivity index (χ4n) is 2.10. The number of Topliss-reactive ketones (excluding diaryl/α,β-unsaturated/α-hetero) is 1. The highest BCUT2D eigenvalue weighted by Gasteiger charge is 2.31. The molecule has 0 saturated carbocycles. The fraction of sp³-hybridized carbons (Fsp3) is 0. The van der Waals surface area contributed by atoms with Gasteiger partial charge in [-0.05, 0) is 36.4 Å². The molecule has 2 aromatic carbocycles. The van der Waals surface area contributed by atoms with Crippen LogP contribution in [0.3, 0.4) is 0 Å². The van der Waals surface area contributed by atoms with E-state index in [1.54, 1.807) is 0 Å². The SMILES string of the molecule is O=C1Oc2ccc(Cl)cc2C(=O)/C1=C/c1ccc(O)cc1O. The first-order valence-electron chi connectivity index (χ1n) is 6.26. The minimum absolute atomic E-state index is 0.130. The molecule has 2 N–H and O–H groups in total. The molecule has 0 aliphatic carbocycles. The number of rotatable bonds is 1. The Morgan fingerprint density at radius 1 is 1.05 bits per heavy atom. The normalized spacial score (nSPS) is 15.6. The van der Waals surface area contributed by atoms with Gasteiger partial charge in [0.15, 0.2) is 0 Å². The largest absolute Gasteiger partial charge is 0.508 e. The van der Waals surface area contributed by atoms with Gasteiger partial charge >= 0.3 is 5.97 Å². The number of aromatic hydroxyl groups is 2. The predicted octanol–water partition coefficient (Wildman–Crippen LogP) is 2.94. The number of benzene rings is 2. The van der Waals surface area contributed by atoms with Crippen molar-refractivity contribution >= 4 is 29.4 Å². The van der Waals surface area contributed by atoms with E-state index in [4.69, 9.17) is 16.3 Å². The number of fused-ring (bicyclic) bond motifs is 1. The number of ether oxygens (including phenoxy) is 1. The van der Waals surface area contributed by atoms with Crippen molar-refractivity contribution in [3.63, 3.8) is 0 Å². The van der Waals surface area contributed by atoms with Gasteiger partial charge in [-0.15, -0.1) is 0 Å². The predicted molar refractivity (Wildman–Crippen MR) is 79.2 cm³/mol. The minimum Gasteiger partial charge on any atom is -0.508 e. The zero-order valence-electron chi connectivity index (χ0n) is 11.0. The molecule has 1 aliphatic rings. The van der Waals surface area contributed by atoms with Crippen molar-refractivity contribution in [3.8, 4) is 17.2 Å². The van der Waals surface area contributed by atoms with Crippen LogP contribution in [0, 0.1) is 0 Å². The van der Waals surface area contributed by atoms with Crippen LogP contribution in [0.15, 0.2) is 42.0 Å². The van der Waals surface area contributed by atoms with Gasteiger partial charge in [0.1, 0.15) is 22.8 Å². The first-order valence-corrected chi connectivity index (χ1v) is 6.63. The number of carbonyl (C=O) groups is 2. The lowest BCUT2D eigenvalue weighted by molar-refractivity contribution is -0.130. The summed E-state index contributed by atoms with van der Waals surface area (Å²) in [5.74, 6) is -1.60. The Labute approximate surface area is 130 Å². The van der Waals surface area contributed by atoms with Crippen molar-refractivity contribution in [1.82, 2.24) is 0 Å². The molecule has 0 unspecified atom stereocenters. The molecule has 22 heavy (non-hydrogen) atoms. The second-order valence-corrected chi connectivity index (χ2v) is 5.10. The lowest BCUT2D eigenvalue weighted by atomic mass is 9.97. The standard InChI is InChI=1S/C16H9ClO5/c17-9-2-4-14-11(6-9)15(20)12(16(21)22-14)5-8-1-3-10(18)7-13(8)19/h1-7,18-19H/b12-5-. The van der Waals surface area contributed by atoms with Crippen LogP contribution in [0.4, 0.5) is 0 Å². The second-order valence-electron chi connectivity index (χ2n) is 4.66. The summed E-state index contributed by atoms with van der Waals surface area (Å²) in [4.78, 5) is 24.4. The maximum atomic E-state index is 12.4. The average Bonchev–Trinajstić information content (AvgIpc) is 2.46. The second kappa shape index (κ2) is 5.20.